The van der Waals surface area contributed by atoms with Crippen molar-refractivity contribution in [2.24, 2.45) is 5.92 Å². The molecular formula is C13H23N3S. The molecule has 1 aliphatic heterocycles. The first-order valence-electron chi connectivity index (χ1n) is 6.57. The van der Waals surface area contributed by atoms with Crippen molar-refractivity contribution in [3.8, 4) is 0 Å². The molecule has 1 aromatic heterocycles. The van der Waals surface area contributed by atoms with Gasteiger partial charge < -0.3 is 10.2 Å². The van der Waals surface area contributed by atoms with Crippen molar-refractivity contribution in [3.63, 3.8) is 0 Å². The van der Waals surface area contributed by atoms with Crippen molar-refractivity contribution in [2.75, 3.05) is 26.7 Å². The predicted octanol–water partition coefficient (Wildman–Crippen LogP) is 2.53. The van der Waals surface area contributed by atoms with Gasteiger partial charge in [-0.1, -0.05) is 0 Å². The highest BCUT2D eigenvalue weighted by molar-refractivity contribution is 7.09. The van der Waals surface area contributed by atoms with E-state index in [9.17, 15) is 0 Å². The average molecular weight is 253 g/mol. The summed E-state index contributed by atoms with van der Waals surface area (Å²) in [5.74, 6) is 0.919. The van der Waals surface area contributed by atoms with Gasteiger partial charge in [-0.05, 0) is 58.8 Å². The number of aromatic nitrogens is 1. The van der Waals surface area contributed by atoms with Crippen LogP contribution in [0.3, 0.4) is 0 Å². The van der Waals surface area contributed by atoms with E-state index >= 15 is 0 Å². The molecule has 0 aromatic carbocycles. The maximum atomic E-state index is 4.34. The van der Waals surface area contributed by atoms with Crippen molar-refractivity contribution in [3.05, 3.63) is 16.6 Å². The molecule has 1 aromatic rings. The van der Waals surface area contributed by atoms with Gasteiger partial charge in [0.1, 0.15) is 5.01 Å². The standard InChI is InChI=1S/C13H23N3S/c1-11(13-15-7-10-17-13)14-6-3-12-4-8-16(2)9-5-12/h7,10-12,14H,3-6,8-9H2,1-2H3. The molecule has 0 saturated carbocycles. The minimum atomic E-state index is 0.404. The fourth-order valence-corrected chi connectivity index (χ4v) is 3.06. The van der Waals surface area contributed by atoms with Gasteiger partial charge in [0.2, 0.25) is 0 Å². The lowest BCUT2D eigenvalue weighted by molar-refractivity contribution is 0.211. The Labute approximate surface area is 108 Å². The molecular weight excluding hydrogens is 230 g/mol. The lowest BCUT2D eigenvalue weighted by atomic mass is 9.94. The molecule has 0 spiro atoms. The highest BCUT2D eigenvalue weighted by Crippen LogP contribution is 2.20. The summed E-state index contributed by atoms with van der Waals surface area (Å²) in [7, 11) is 2.22. The maximum Gasteiger partial charge on any atom is 0.109 e. The van der Waals surface area contributed by atoms with Gasteiger partial charge in [-0.25, -0.2) is 4.98 Å². The van der Waals surface area contributed by atoms with E-state index in [4.69, 9.17) is 0 Å². The quantitative estimate of drug-likeness (QED) is 0.874. The molecule has 3 nitrogen and oxygen atoms in total. The van der Waals surface area contributed by atoms with Crippen LogP contribution in [0.15, 0.2) is 11.6 Å². The Balaban J connectivity index is 1.63. The summed E-state index contributed by atoms with van der Waals surface area (Å²) in [6.07, 6.45) is 5.92. The van der Waals surface area contributed by atoms with Crippen molar-refractivity contribution in [2.45, 2.75) is 32.2 Å². The van der Waals surface area contributed by atoms with Gasteiger partial charge in [0, 0.05) is 11.6 Å². The third-order valence-electron chi connectivity index (χ3n) is 3.66. The first kappa shape index (κ1) is 13.0. The second-order valence-corrected chi connectivity index (χ2v) is 6.01. The van der Waals surface area contributed by atoms with E-state index in [0.717, 1.165) is 12.5 Å². The summed E-state index contributed by atoms with van der Waals surface area (Å²) in [5, 5.41) is 6.83. The van der Waals surface area contributed by atoms with E-state index in [2.05, 4.69) is 29.2 Å². The summed E-state index contributed by atoms with van der Waals surface area (Å²) in [6.45, 7) is 5.86. The van der Waals surface area contributed by atoms with Gasteiger partial charge in [-0.15, -0.1) is 11.3 Å². The molecule has 1 unspecified atom stereocenters. The third kappa shape index (κ3) is 4.05. The van der Waals surface area contributed by atoms with E-state index in [-0.39, 0.29) is 0 Å². The molecule has 1 fully saturated rings. The molecule has 0 aliphatic carbocycles. The summed E-state index contributed by atoms with van der Waals surface area (Å²) < 4.78 is 0. The number of thiazole rings is 1. The van der Waals surface area contributed by atoms with Crippen LogP contribution >= 0.6 is 11.3 Å². The largest absolute Gasteiger partial charge is 0.308 e. The number of nitrogens with zero attached hydrogens (tertiary/aromatic N) is 2. The van der Waals surface area contributed by atoms with Crippen LogP contribution < -0.4 is 5.32 Å². The number of rotatable bonds is 5. The molecule has 96 valence electrons. The second-order valence-electron chi connectivity index (χ2n) is 5.08. The monoisotopic (exact) mass is 253 g/mol. The molecule has 1 aliphatic rings. The van der Waals surface area contributed by atoms with Gasteiger partial charge >= 0.3 is 0 Å². The minimum Gasteiger partial charge on any atom is -0.308 e. The highest BCUT2D eigenvalue weighted by Gasteiger charge is 2.16. The van der Waals surface area contributed by atoms with Crippen molar-refractivity contribution in [1.82, 2.24) is 15.2 Å². The van der Waals surface area contributed by atoms with Crippen LogP contribution in [0.1, 0.15) is 37.2 Å². The number of likely N-dealkylation sites (tertiary alicyclic amines) is 1. The van der Waals surface area contributed by atoms with Crippen LogP contribution in [-0.4, -0.2) is 36.6 Å². The normalized spacial score (nSPS) is 20.6. The van der Waals surface area contributed by atoms with Gasteiger partial charge in [0.25, 0.3) is 0 Å². The van der Waals surface area contributed by atoms with Crippen LogP contribution in [0.5, 0.6) is 0 Å². The highest BCUT2D eigenvalue weighted by atomic mass is 32.1. The van der Waals surface area contributed by atoms with Gasteiger partial charge in [-0.2, -0.15) is 0 Å². The number of nitrogens with one attached hydrogen (secondary N) is 1. The van der Waals surface area contributed by atoms with Crippen LogP contribution in [0.25, 0.3) is 0 Å². The van der Waals surface area contributed by atoms with Crippen molar-refractivity contribution < 1.29 is 0 Å². The Kier molecular flexibility index (Phi) is 4.95. The molecule has 2 heterocycles. The van der Waals surface area contributed by atoms with Crippen molar-refractivity contribution in [1.29, 1.82) is 0 Å². The van der Waals surface area contributed by atoms with E-state index in [0.29, 0.717) is 6.04 Å². The van der Waals surface area contributed by atoms with E-state index < -0.39 is 0 Å². The lowest BCUT2D eigenvalue weighted by Gasteiger charge is -2.29. The molecule has 4 heteroatoms. The number of hydrogen-bond acceptors (Lipinski definition) is 4. The Bertz CT molecular complexity index is 304. The molecule has 0 amide bonds. The molecule has 17 heavy (non-hydrogen) atoms. The second kappa shape index (κ2) is 6.47. The third-order valence-corrected chi connectivity index (χ3v) is 4.62. The fourth-order valence-electron chi connectivity index (χ4n) is 2.39. The molecule has 2 rings (SSSR count). The van der Waals surface area contributed by atoms with E-state index in [1.54, 1.807) is 11.3 Å². The summed E-state index contributed by atoms with van der Waals surface area (Å²) in [5.41, 5.74) is 0. The van der Waals surface area contributed by atoms with Crippen molar-refractivity contribution >= 4 is 11.3 Å². The number of hydrogen-bond donors (Lipinski definition) is 1. The Morgan fingerprint density at radius 2 is 2.29 bits per heavy atom. The maximum absolute atomic E-state index is 4.34. The molecule has 1 N–H and O–H groups in total. The van der Waals surface area contributed by atoms with Crippen LogP contribution in [0.2, 0.25) is 0 Å². The Morgan fingerprint density at radius 3 is 2.94 bits per heavy atom. The average Bonchev–Trinajstić information content (AvgIpc) is 2.85. The molecule has 1 atom stereocenters. The summed E-state index contributed by atoms with van der Waals surface area (Å²) >= 11 is 1.74. The minimum absolute atomic E-state index is 0.404. The first-order valence-corrected chi connectivity index (χ1v) is 7.45. The zero-order chi connectivity index (χ0) is 12.1. The topological polar surface area (TPSA) is 28.2 Å². The molecule has 0 radical (unpaired) electrons. The Morgan fingerprint density at radius 1 is 1.53 bits per heavy atom. The number of piperidine rings is 1. The zero-order valence-electron chi connectivity index (χ0n) is 10.9. The van der Waals surface area contributed by atoms with Crippen LogP contribution in [0.4, 0.5) is 0 Å². The Hall–Kier alpha value is -0.450. The van der Waals surface area contributed by atoms with Gasteiger partial charge in [0.15, 0.2) is 0 Å². The smallest absolute Gasteiger partial charge is 0.109 e. The summed E-state index contributed by atoms with van der Waals surface area (Å²) in [4.78, 5) is 6.77. The van der Waals surface area contributed by atoms with Crippen LogP contribution in [-0.2, 0) is 0 Å². The molecule has 1 saturated heterocycles. The SMILES string of the molecule is CC(NCCC1CCN(C)CC1)c1nccs1. The fraction of sp³-hybridized carbons (Fsp3) is 0.769. The van der Waals surface area contributed by atoms with Crippen LogP contribution in [0, 0.1) is 5.92 Å². The first-order chi connectivity index (χ1) is 8.25. The lowest BCUT2D eigenvalue weighted by Crippen LogP contribution is -2.32. The summed E-state index contributed by atoms with van der Waals surface area (Å²) in [6, 6.07) is 0.404. The van der Waals surface area contributed by atoms with Gasteiger partial charge in [0.05, 0.1) is 6.04 Å². The van der Waals surface area contributed by atoms with E-state index in [1.807, 2.05) is 11.6 Å². The predicted molar refractivity (Wildman–Crippen MR) is 73.4 cm³/mol. The zero-order valence-corrected chi connectivity index (χ0v) is 11.7. The van der Waals surface area contributed by atoms with Gasteiger partial charge in [-0.3, -0.25) is 0 Å². The molecule has 0 bridgehead atoms. The van der Waals surface area contributed by atoms with E-state index in [1.165, 1.54) is 37.4 Å².